The van der Waals surface area contributed by atoms with Crippen LogP contribution in [0.3, 0.4) is 0 Å². The Bertz CT molecular complexity index is 1180. The predicted octanol–water partition coefficient (Wildman–Crippen LogP) is 4.66. The van der Waals surface area contributed by atoms with Crippen molar-refractivity contribution in [1.29, 1.82) is 0 Å². The molecule has 0 saturated heterocycles. The molecule has 1 atom stereocenters. The average molecular weight is 436 g/mol. The molecule has 1 N–H and O–H groups in total. The van der Waals surface area contributed by atoms with Crippen molar-refractivity contribution in [1.82, 2.24) is 0 Å². The SMILES string of the molecule is COc1ccccc1C(=O)CC1(O)C(=O)N(Cc2ccccc2C)c2ccc(Cl)cc21. The Kier molecular flexibility index (Phi) is 5.56. The first-order chi connectivity index (χ1) is 14.8. The molecule has 1 heterocycles. The van der Waals surface area contributed by atoms with Gasteiger partial charge in [-0.05, 0) is 48.4 Å². The number of methoxy groups -OCH3 is 1. The summed E-state index contributed by atoms with van der Waals surface area (Å²) in [7, 11) is 1.47. The van der Waals surface area contributed by atoms with Crippen LogP contribution in [0.15, 0.2) is 66.7 Å². The van der Waals surface area contributed by atoms with Crippen molar-refractivity contribution in [2.75, 3.05) is 12.0 Å². The van der Waals surface area contributed by atoms with Crippen LogP contribution in [-0.4, -0.2) is 23.9 Å². The zero-order chi connectivity index (χ0) is 22.2. The number of Topliss-reactive ketones (excluding diaryl/α,β-unsaturated/α-hetero) is 1. The molecule has 4 rings (SSSR count). The number of para-hydroxylation sites is 1. The largest absolute Gasteiger partial charge is 0.496 e. The highest BCUT2D eigenvalue weighted by Gasteiger charge is 2.51. The number of aliphatic hydroxyl groups is 1. The number of carbonyl (C=O) groups excluding carboxylic acids is 2. The van der Waals surface area contributed by atoms with Crippen LogP contribution in [0.1, 0.15) is 33.5 Å². The van der Waals surface area contributed by atoms with Crippen molar-refractivity contribution in [3.63, 3.8) is 0 Å². The molecule has 6 heteroatoms. The number of amides is 1. The monoisotopic (exact) mass is 435 g/mol. The van der Waals surface area contributed by atoms with E-state index in [2.05, 4.69) is 0 Å². The minimum absolute atomic E-state index is 0.283. The molecule has 158 valence electrons. The van der Waals surface area contributed by atoms with E-state index in [1.54, 1.807) is 42.5 Å². The normalized spacial score (nSPS) is 17.5. The predicted molar refractivity (Wildman–Crippen MR) is 120 cm³/mol. The second-order valence-electron chi connectivity index (χ2n) is 7.64. The van der Waals surface area contributed by atoms with Gasteiger partial charge >= 0.3 is 0 Å². The average Bonchev–Trinajstić information content (AvgIpc) is 2.96. The highest BCUT2D eigenvalue weighted by atomic mass is 35.5. The van der Waals surface area contributed by atoms with Crippen LogP contribution < -0.4 is 9.64 Å². The minimum atomic E-state index is -2.01. The number of benzene rings is 3. The van der Waals surface area contributed by atoms with Crippen LogP contribution in [-0.2, 0) is 16.9 Å². The number of hydrogen-bond acceptors (Lipinski definition) is 4. The molecule has 0 bridgehead atoms. The minimum Gasteiger partial charge on any atom is -0.496 e. The van der Waals surface area contributed by atoms with Crippen molar-refractivity contribution in [2.45, 2.75) is 25.5 Å². The van der Waals surface area contributed by atoms with Gasteiger partial charge in [-0.3, -0.25) is 9.59 Å². The molecule has 0 fully saturated rings. The summed E-state index contributed by atoms with van der Waals surface area (Å²) in [4.78, 5) is 28.1. The van der Waals surface area contributed by atoms with Crippen LogP contribution >= 0.6 is 11.6 Å². The zero-order valence-electron chi connectivity index (χ0n) is 17.3. The molecule has 31 heavy (non-hydrogen) atoms. The van der Waals surface area contributed by atoms with E-state index in [-0.39, 0.29) is 6.54 Å². The Balaban J connectivity index is 1.74. The van der Waals surface area contributed by atoms with Gasteiger partial charge in [0.2, 0.25) is 0 Å². The fourth-order valence-corrected chi connectivity index (χ4v) is 4.18. The molecule has 0 radical (unpaired) electrons. The molecule has 0 saturated carbocycles. The lowest BCUT2D eigenvalue weighted by atomic mass is 9.88. The fourth-order valence-electron chi connectivity index (χ4n) is 4.01. The van der Waals surface area contributed by atoms with Gasteiger partial charge in [-0.15, -0.1) is 0 Å². The number of hydrogen-bond donors (Lipinski definition) is 1. The smallest absolute Gasteiger partial charge is 0.264 e. The third kappa shape index (κ3) is 3.71. The Hall–Kier alpha value is -3.15. The van der Waals surface area contributed by atoms with Crippen molar-refractivity contribution in [3.8, 4) is 5.75 Å². The number of rotatable bonds is 6. The van der Waals surface area contributed by atoms with Crippen LogP contribution in [0.2, 0.25) is 5.02 Å². The number of fused-ring (bicyclic) bond motifs is 1. The molecule has 3 aromatic rings. The molecule has 0 aromatic heterocycles. The maximum Gasteiger partial charge on any atom is 0.264 e. The molecule has 1 amide bonds. The number of carbonyl (C=O) groups is 2. The lowest BCUT2D eigenvalue weighted by Gasteiger charge is -2.23. The van der Waals surface area contributed by atoms with E-state index >= 15 is 0 Å². The second-order valence-corrected chi connectivity index (χ2v) is 8.08. The first-order valence-corrected chi connectivity index (χ1v) is 10.3. The lowest BCUT2D eigenvalue weighted by molar-refractivity contribution is -0.136. The van der Waals surface area contributed by atoms with Gasteiger partial charge in [0.15, 0.2) is 11.4 Å². The first-order valence-electron chi connectivity index (χ1n) is 9.90. The van der Waals surface area contributed by atoms with Crippen molar-refractivity contribution in [2.24, 2.45) is 0 Å². The molecule has 3 aromatic carbocycles. The van der Waals surface area contributed by atoms with Crippen LogP contribution in [0, 0.1) is 6.92 Å². The Labute approximate surface area is 185 Å². The standard InChI is InChI=1S/C25H22ClNO4/c1-16-7-3-4-8-17(16)15-27-21-12-11-18(26)13-20(21)25(30,24(27)29)14-22(28)19-9-5-6-10-23(19)31-2/h3-13,30H,14-15H2,1-2H3. The molecule has 0 spiro atoms. The second kappa shape index (κ2) is 8.17. The molecular formula is C25H22ClNO4. The number of nitrogens with zero attached hydrogens (tertiary/aromatic N) is 1. The third-order valence-corrected chi connectivity index (χ3v) is 5.94. The quantitative estimate of drug-likeness (QED) is 0.571. The molecular weight excluding hydrogens is 414 g/mol. The third-order valence-electron chi connectivity index (χ3n) is 5.71. The summed E-state index contributed by atoms with van der Waals surface area (Å²) in [5.41, 5.74) is 1.17. The lowest BCUT2D eigenvalue weighted by Crippen LogP contribution is -2.41. The number of anilines is 1. The van der Waals surface area contributed by atoms with Crippen LogP contribution in [0.5, 0.6) is 5.75 Å². The summed E-state index contributed by atoms with van der Waals surface area (Å²) >= 11 is 6.19. The summed E-state index contributed by atoms with van der Waals surface area (Å²) in [5.74, 6) is -0.544. The molecule has 0 aliphatic carbocycles. The number of halogens is 1. The summed E-state index contributed by atoms with van der Waals surface area (Å²) in [5, 5.41) is 11.9. The molecule has 1 aliphatic rings. The van der Waals surface area contributed by atoms with E-state index in [0.717, 1.165) is 11.1 Å². The summed E-state index contributed by atoms with van der Waals surface area (Å²) in [6.07, 6.45) is -0.413. The van der Waals surface area contributed by atoms with E-state index in [4.69, 9.17) is 16.3 Å². The molecule has 1 aliphatic heterocycles. The van der Waals surface area contributed by atoms with E-state index in [1.807, 2.05) is 31.2 Å². The van der Waals surface area contributed by atoms with E-state index < -0.39 is 23.7 Å². The number of aryl methyl sites for hydroxylation is 1. The Morgan fingerprint density at radius 2 is 1.81 bits per heavy atom. The van der Waals surface area contributed by atoms with Crippen molar-refractivity contribution in [3.05, 3.63) is 94.0 Å². The summed E-state index contributed by atoms with van der Waals surface area (Å²) < 4.78 is 5.27. The molecule has 5 nitrogen and oxygen atoms in total. The van der Waals surface area contributed by atoms with Gasteiger partial charge < -0.3 is 14.7 Å². The highest BCUT2D eigenvalue weighted by Crippen LogP contribution is 2.45. The highest BCUT2D eigenvalue weighted by molar-refractivity contribution is 6.31. The van der Waals surface area contributed by atoms with Crippen LogP contribution in [0.4, 0.5) is 5.69 Å². The maximum atomic E-state index is 13.5. The van der Waals surface area contributed by atoms with E-state index in [1.165, 1.54) is 12.0 Å². The van der Waals surface area contributed by atoms with Crippen LogP contribution in [0.25, 0.3) is 0 Å². The fraction of sp³-hybridized carbons (Fsp3) is 0.200. The van der Waals surface area contributed by atoms with Crippen molar-refractivity contribution >= 4 is 29.0 Å². The Morgan fingerprint density at radius 3 is 2.55 bits per heavy atom. The number of ether oxygens (including phenoxy) is 1. The summed E-state index contributed by atoms with van der Waals surface area (Å²) in [6.45, 7) is 2.25. The van der Waals surface area contributed by atoms with Gasteiger partial charge in [0.1, 0.15) is 5.75 Å². The first kappa shape index (κ1) is 21.1. The number of ketones is 1. The van der Waals surface area contributed by atoms with Gasteiger partial charge in [-0.25, -0.2) is 0 Å². The van der Waals surface area contributed by atoms with E-state index in [9.17, 15) is 14.7 Å². The van der Waals surface area contributed by atoms with Gasteiger partial charge in [0.05, 0.1) is 31.3 Å². The van der Waals surface area contributed by atoms with Gasteiger partial charge in [-0.1, -0.05) is 48.0 Å². The van der Waals surface area contributed by atoms with Gasteiger partial charge in [0.25, 0.3) is 5.91 Å². The zero-order valence-corrected chi connectivity index (χ0v) is 18.0. The van der Waals surface area contributed by atoms with Gasteiger partial charge in [-0.2, -0.15) is 0 Å². The van der Waals surface area contributed by atoms with E-state index in [0.29, 0.717) is 27.6 Å². The Morgan fingerprint density at radius 1 is 1.10 bits per heavy atom. The molecule has 1 unspecified atom stereocenters. The van der Waals surface area contributed by atoms with Crippen molar-refractivity contribution < 1.29 is 19.4 Å². The topological polar surface area (TPSA) is 66.8 Å². The van der Waals surface area contributed by atoms with Gasteiger partial charge in [0, 0.05) is 10.6 Å². The maximum absolute atomic E-state index is 13.5. The summed E-state index contributed by atoms with van der Waals surface area (Å²) in [6, 6.07) is 19.4.